The van der Waals surface area contributed by atoms with Crippen molar-refractivity contribution in [3.05, 3.63) is 47.8 Å². The number of ether oxygens (including phenoxy) is 3. The summed E-state index contributed by atoms with van der Waals surface area (Å²) in [7, 11) is 0.890. The van der Waals surface area contributed by atoms with E-state index in [1.807, 2.05) is 29.6 Å². The molecule has 0 saturated carbocycles. The number of nitrogens with zero attached hydrogens (tertiary/aromatic N) is 3. The third-order valence-electron chi connectivity index (χ3n) is 5.38. The number of benzene rings is 2. The molecule has 0 spiro atoms. The minimum atomic E-state index is -3.71. The van der Waals surface area contributed by atoms with Crippen molar-refractivity contribution >= 4 is 26.5 Å². The standard InChI is InChI=1S/C22H25N3O5S2/c1-28-17-6-4-16(5-7-17)19-15-31-22(23-19)24-10-12-25(13-11-24)32(26,27)21-14-18(29-2)8-9-20(21)30-3/h4-9,14-15H,10-13H2,1-3H3. The van der Waals surface area contributed by atoms with E-state index in [2.05, 4.69) is 4.90 Å². The van der Waals surface area contributed by atoms with Crippen LogP contribution in [0.5, 0.6) is 17.2 Å². The Morgan fingerprint density at radius 3 is 2.16 bits per heavy atom. The van der Waals surface area contributed by atoms with Gasteiger partial charge in [0, 0.05) is 43.2 Å². The van der Waals surface area contributed by atoms with Crippen molar-refractivity contribution in [2.24, 2.45) is 0 Å². The first-order valence-corrected chi connectivity index (χ1v) is 12.4. The van der Waals surface area contributed by atoms with Gasteiger partial charge in [-0.15, -0.1) is 11.3 Å². The first-order valence-electron chi connectivity index (χ1n) is 10.0. The maximum Gasteiger partial charge on any atom is 0.247 e. The zero-order valence-corrected chi connectivity index (χ0v) is 19.8. The average molecular weight is 476 g/mol. The number of aromatic nitrogens is 1. The molecule has 1 aliphatic rings. The Labute approximate surface area is 192 Å². The van der Waals surface area contributed by atoms with Crippen LogP contribution in [-0.4, -0.2) is 65.2 Å². The minimum Gasteiger partial charge on any atom is -0.497 e. The molecular weight excluding hydrogens is 450 g/mol. The number of anilines is 1. The molecule has 4 rings (SSSR count). The Hall–Kier alpha value is -2.82. The van der Waals surface area contributed by atoms with Crippen molar-refractivity contribution in [3.8, 4) is 28.5 Å². The Kier molecular flexibility index (Phi) is 6.54. The summed E-state index contributed by atoms with van der Waals surface area (Å²) in [6, 6.07) is 12.6. The van der Waals surface area contributed by atoms with Crippen LogP contribution in [-0.2, 0) is 10.0 Å². The third kappa shape index (κ3) is 4.38. The van der Waals surface area contributed by atoms with Gasteiger partial charge in [0.15, 0.2) is 5.13 Å². The molecule has 1 aromatic heterocycles. The lowest BCUT2D eigenvalue weighted by Gasteiger charge is -2.34. The van der Waals surface area contributed by atoms with Crippen LogP contribution in [0.25, 0.3) is 11.3 Å². The van der Waals surface area contributed by atoms with Crippen LogP contribution >= 0.6 is 11.3 Å². The van der Waals surface area contributed by atoms with E-state index in [4.69, 9.17) is 19.2 Å². The van der Waals surface area contributed by atoms with E-state index in [9.17, 15) is 8.42 Å². The molecule has 1 saturated heterocycles. The van der Waals surface area contributed by atoms with Crippen molar-refractivity contribution in [2.45, 2.75) is 4.90 Å². The zero-order chi connectivity index (χ0) is 22.7. The fraction of sp³-hybridized carbons (Fsp3) is 0.318. The van der Waals surface area contributed by atoms with Crippen LogP contribution in [0.3, 0.4) is 0 Å². The highest BCUT2D eigenvalue weighted by Gasteiger charge is 2.32. The summed E-state index contributed by atoms with van der Waals surface area (Å²) < 4.78 is 43.7. The summed E-state index contributed by atoms with van der Waals surface area (Å²) >= 11 is 1.56. The van der Waals surface area contributed by atoms with E-state index in [1.54, 1.807) is 30.6 Å². The van der Waals surface area contributed by atoms with Crippen LogP contribution in [0.2, 0.25) is 0 Å². The first kappa shape index (κ1) is 22.4. The highest BCUT2D eigenvalue weighted by molar-refractivity contribution is 7.89. The molecule has 0 unspecified atom stereocenters. The van der Waals surface area contributed by atoms with Crippen LogP contribution in [0, 0.1) is 0 Å². The molecule has 0 atom stereocenters. The highest BCUT2D eigenvalue weighted by Crippen LogP contribution is 2.33. The predicted octanol–water partition coefficient (Wildman–Crippen LogP) is 3.35. The molecule has 1 aliphatic heterocycles. The molecule has 0 N–H and O–H groups in total. The minimum absolute atomic E-state index is 0.115. The van der Waals surface area contributed by atoms with E-state index < -0.39 is 10.0 Å². The molecule has 0 radical (unpaired) electrons. The Balaban J connectivity index is 1.47. The lowest BCUT2D eigenvalue weighted by Crippen LogP contribution is -2.48. The van der Waals surface area contributed by atoms with Gasteiger partial charge >= 0.3 is 0 Å². The van der Waals surface area contributed by atoms with Crippen LogP contribution in [0.15, 0.2) is 52.7 Å². The molecule has 1 fully saturated rings. The number of piperazine rings is 1. The number of rotatable bonds is 7. The summed E-state index contributed by atoms with van der Waals surface area (Å²) in [5.41, 5.74) is 1.91. The zero-order valence-electron chi connectivity index (χ0n) is 18.1. The van der Waals surface area contributed by atoms with Gasteiger partial charge in [-0.3, -0.25) is 0 Å². The second-order valence-electron chi connectivity index (χ2n) is 7.15. The largest absolute Gasteiger partial charge is 0.497 e. The van der Waals surface area contributed by atoms with E-state index in [0.29, 0.717) is 37.7 Å². The van der Waals surface area contributed by atoms with Gasteiger partial charge in [0.1, 0.15) is 22.1 Å². The van der Waals surface area contributed by atoms with Crippen LogP contribution in [0.1, 0.15) is 0 Å². The fourth-order valence-electron chi connectivity index (χ4n) is 3.55. The summed E-state index contributed by atoms with van der Waals surface area (Å²) in [6.07, 6.45) is 0. The van der Waals surface area contributed by atoms with E-state index in [0.717, 1.165) is 22.1 Å². The normalized spacial score (nSPS) is 14.9. The number of thiazole rings is 1. The van der Waals surface area contributed by atoms with Gasteiger partial charge in [0.25, 0.3) is 0 Å². The van der Waals surface area contributed by atoms with Gasteiger partial charge in [-0.05, 0) is 36.4 Å². The molecule has 0 amide bonds. The van der Waals surface area contributed by atoms with Gasteiger partial charge in [-0.1, -0.05) is 0 Å². The number of hydrogen-bond donors (Lipinski definition) is 0. The maximum atomic E-state index is 13.3. The molecule has 2 aromatic carbocycles. The van der Waals surface area contributed by atoms with Gasteiger partial charge in [0.05, 0.1) is 27.0 Å². The first-order chi connectivity index (χ1) is 15.5. The Morgan fingerprint density at radius 2 is 1.53 bits per heavy atom. The molecule has 0 bridgehead atoms. The lowest BCUT2D eigenvalue weighted by molar-refractivity contribution is 0.370. The highest BCUT2D eigenvalue weighted by atomic mass is 32.2. The van der Waals surface area contributed by atoms with Crippen molar-refractivity contribution in [1.29, 1.82) is 0 Å². The van der Waals surface area contributed by atoms with Crippen LogP contribution < -0.4 is 19.1 Å². The second-order valence-corrected chi connectivity index (χ2v) is 9.89. The number of sulfonamides is 1. The van der Waals surface area contributed by atoms with E-state index in [-0.39, 0.29) is 4.90 Å². The van der Waals surface area contributed by atoms with Crippen LogP contribution in [0.4, 0.5) is 5.13 Å². The van der Waals surface area contributed by atoms with Crippen molar-refractivity contribution in [1.82, 2.24) is 9.29 Å². The maximum absolute atomic E-state index is 13.3. The third-order valence-corrected chi connectivity index (χ3v) is 8.20. The smallest absolute Gasteiger partial charge is 0.247 e. The summed E-state index contributed by atoms with van der Waals surface area (Å²) in [5.74, 6) is 1.57. The summed E-state index contributed by atoms with van der Waals surface area (Å²) in [4.78, 5) is 6.99. The number of methoxy groups -OCH3 is 3. The monoisotopic (exact) mass is 475 g/mol. The van der Waals surface area contributed by atoms with Gasteiger partial charge in [-0.25, -0.2) is 13.4 Å². The molecule has 170 valence electrons. The quantitative estimate of drug-likeness (QED) is 0.518. The lowest BCUT2D eigenvalue weighted by atomic mass is 10.2. The van der Waals surface area contributed by atoms with E-state index >= 15 is 0 Å². The fourth-order valence-corrected chi connectivity index (χ4v) is 6.03. The summed E-state index contributed by atoms with van der Waals surface area (Å²) in [5, 5.41) is 2.90. The SMILES string of the molecule is COc1ccc(-c2csc(N3CCN(S(=O)(=O)c4cc(OC)ccc4OC)CC3)n2)cc1. The molecular formula is C22H25N3O5S2. The molecule has 3 aromatic rings. The van der Waals surface area contributed by atoms with E-state index in [1.165, 1.54) is 24.6 Å². The molecule has 0 aliphatic carbocycles. The van der Waals surface area contributed by atoms with Gasteiger partial charge in [0.2, 0.25) is 10.0 Å². The average Bonchev–Trinajstić information content (AvgIpc) is 3.34. The second kappa shape index (κ2) is 9.35. The van der Waals surface area contributed by atoms with Crippen molar-refractivity contribution in [2.75, 3.05) is 52.4 Å². The predicted molar refractivity (Wildman–Crippen MR) is 125 cm³/mol. The Bertz CT molecular complexity index is 1170. The van der Waals surface area contributed by atoms with Crippen molar-refractivity contribution in [3.63, 3.8) is 0 Å². The topological polar surface area (TPSA) is 81.2 Å². The molecule has 10 heteroatoms. The van der Waals surface area contributed by atoms with Crippen molar-refractivity contribution < 1.29 is 22.6 Å². The Morgan fingerprint density at radius 1 is 0.875 bits per heavy atom. The van der Waals surface area contributed by atoms with Gasteiger partial charge < -0.3 is 19.1 Å². The molecule has 2 heterocycles. The molecule has 32 heavy (non-hydrogen) atoms. The van der Waals surface area contributed by atoms with Gasteiger partial charge in [-0.2, -0.15) is 4.31 Å². The molecule has 8 nitrogen and oxygen atoms in total. The summed E-state index contributed by atoms with van der Waals surface area (Å²) in [6.45, 7) is 1.84. The number of hydrogen-bond acceptors (Lipinski definition) is 8.